The summed E-state index contributed by atoms with van der Waals surface area (Å²) < 4.78 is 0.246. The van der Waals surface area contributed by atoms with E-state index in [0.717, 1.165) is 11.3 Å². The predicted octanol–water partition coefficient (Wildman–Crippen LogP) is 3.17. The van der Waals surface area contributed by atoms with Crippen LogP contribution < -0.4 is 10.4 Å². The predicted molar refractivity (Wildman–Crippen MR) is 73.8 cm³/mol. The number of hydrogen-bond acceptors (Lipinski definition) is 1. The van der Waals surface area contributed by atoms with E-state index in [0.29, 0.717) is 0 Å². The molecule has 0 spiro atoms. The van der Waals surface area contributed by atoms with Gasteiger partial charge < -0.3 is 0 Å². The summed E-state index contributed by atoms with van der Waals surface area (Å²) in [4.78, 5) is 0. The van der Waals surface area contributed by atoms with Gasteiger partial charge in [-0.25, -0.2) is 0 Å². The number of quaternary nitrogens is 1. The Labute approximate surface area is 102 Å². The van der Waals surface area contributed by atoms with Gasteiger partial charge >= 0.3 is 0 Å². The summed E-state index contributed by atoms with van der Waals surface area (Å²) in [5.41, 5.74) is 2.21. The fraction of sp³-hybridized carbons (Fsp3) is 0.0667. The molecule has 0 saturated heterocycles. The van der Waals surface area contributed by atoms with Crippen molar-refractivity contribution in [2.24, 2.45) is 5.84 Å². The number of nitrogens with zero attached hydrogens (tertiary/aromatic N) is 1. The van der Waals surface area contributed by atoms with E-state index >= 15 is 0 Å². The number of para-hydroxylation sites is 1. The molecule has 0 aromatic heterocycles. The standard InChI is InChI=1S/C15H17N2/c1-17(16,15-10-6-3-7-11-15)13-12-14-8-4-2-5-9-14/h2-13H,16H2,1H3/q+1/b13-12+. The van der Waals surface area contributed by atoms with Crippen molar-refractivity contribution >= 4 is 11.8 Å². The Hall–Kier alpha value is -1.90. The van der Waals surface area contributed by atoms with Crippen molar-refractivity contribution in [3.8, 4) is 0 Å². The van der Waals surface area contributed by atoms with Gasteiger partial charge in [0.25, 0.3) is 0 Å². The highest BCUT2D eigenvalue weighted by Crippen LogP contribution is 2.17. The van der Waals surface area contributed by atoms with E-state index < -0.39 is 0 Å². The second-order valence-electron chi connectivity index (χ2n) is 4.21. The van der Waals surface area contributed by atoms with Gasteiger partial charge in [-0.1, -0.05) is 48.5 Å². The molecule has 0 aliphatic carbocycles. The van der Waals surface area contributed by atoms with Gasteiger partial charge in [0, 0.05) is 18.2 Å². The summed E-state index contributed by atoms with van der Waals surface area (Å²) in [6.45, 7) is 0. The molecule has 2 nitrogen and oxygen atoms in total. The third kappa shape index (κ3) is 3.03. The van der Waals surface area contributed by atoms with Crippen LogP contribution in [0.2, 0.25) is 0 Å². The van der Waals surface area contributed by atoms with Gasteiger partial charge in [-0.3, -0.25) is 0 Å². The zero-order chi connectivity index (χ0) is 12.1. The van der Waals surface area contributed by atoms with E-state index in [-0.39, 0.29) is 4.59 Å². The lowest BCUT2D eigenvalue weighted by atomic mass is 10.2. The third-order valence-corrected chi connectivity index (χ3v) is 2.69. The maximum absolute atomic E-state index is 6.24. The van der Waals surface area contributed by atoms with E-state index in [4.69, 9.17) is 5.84 Å². The van der Waals surface area contributed by atoms with Crippen molar-refractivity contribution in [1.82, 2.24) is 4.59 Å². The molecule has 0 aliphatic heterocycles. The molecule has 2 rings (SSSR count). The average molecular weight is 225 g/mol. The lowest BCUT2D eigenvalue weighted by Gasteiger charge is -2.22. The zero-order valence-corrected chi connectivity index (χ0v) is 9.95. The fourth-order valence-electron chi connectivity index (χ4n) is 1.64. The summed E-state index contributed by atoms with van der Waals surface area (Å²) >= 11 is 0. The van der Waals surface area contributed by atoms with Gasteiger partial charge in [0.05, 0.1) is 7.05 Å². The molecule has 1 atom stereocenters. The van der Waals surface area contributed by atoms with Gasteiger partial charge in [0.15, 0.2) is 5.69 Å². The molecule has 2 aromatic rings. The molecule has 17 heavy (non-hydrogen) atoms. The fourth-order valence-corrected chi connectivity index (χ4v) is 1.64. The highest BCUT2D eigenvalue weighted by molar-refractivity contribution is 5.53. The Morgan fingerprint density at radius 3 is 2.00 bits per heavy atom. The van der Waals surface area contributed by atoms with Crippen molar-refractivity contribution in [2.75, 3.05) is 7.05 Å². The Balaban J connectivity index is 2.21. The maximum atomic E-state index is 6.24. The number of nitrogens with two attached hydrogens (primary N) is 1. The summed E-state index contributed by atoms with van der Waals surface area (Å²) in [6.07, 6.45) is 4.01. The van der Waals surface area contributed by atoms with Crippen LogP contribution in [0.4, 0.5) is 5.69 Å². The Kier molecular flexibility index (Phi) is 3.38. The molecule has 2 aromatic carbocycles. The van der Waals surface area contributed by atoms with Crippen molar-refractivity contribution in [3.05, 3.63) is 72.4 Å². The molecule has 2 heteroatoms. The number of rotatable bonds is 3. The molecule has 1 unspecified atom stereocenters. The molecule has 0 bridgehead atoms. The number of hydrogen-bond donors (Lipinski definition) is 1. The normalized spacial score (nSPS) is 14.7. The quantitative estimate of drug-likeness (QED) is 0.484. The van der Waals surface area contributed by atoms with E-state index in [2.05, 4.69) is 12.1 Å². The van der Waals surface area contributed by atoms with Crippen LogP contribution in [-0.2, 0) is 0 Å². The third-order valence-electron chi connectivity index (χ3n) is 2.69. The van der Waals surface area contributed by atoms with Gasteiger partial charge in [-0.2, -0.15) is 10.4 Å². The maximum Gasteiger partial charge on any atom is 0.156 e. The highest BCUT2D eigenvalue weighted by Gasteiger charge is 2.15. The minimum atomic E-state index is 0.246. The van der Waals surface area contributed by atoms with E-state index in [9.17, 15) is 0 Å². The summed E-state index contributed by atoms with van der Waals surface area (Å²) in [5.74, 6) is 6.24. The van der Waals surface area contributed by atoms with E-state index in [1.165, 1.54) is 0 Å². The topological polar surface area (TPSA) is 26.0 Å². The van der Waals surface area contributed by atoms with Gasteiger partial charge in [-0.15, -0.1) is 0 Å². The first-order chi connectivity index (χ1) is 8.18. The molecule has 2 N–H and O–H groups in total. The molecule has 0 amide bonds. The first kappa shape index (κ1) is 11.6. The molecule has 0 aliphatic rings. The van der Waals surface area contributed by atoms with Crippen LogP contribution >= 0.6 is 0 Å². The van der Waals surface area contributed by atoms with E-state index in [1.54, 1.807) is 0 Å². The van der Waals surface area contributed by atoms with Gasteiger partial charge in [-0.05, 0) is 5.56 Å². The minimum absolute atomic E-state index is 0.246. The summed E-state index contributed by atoms with van der Waals surface area (Å²) in [5, 5.41) is 0. The molecule has 0 heterocycles. The summed E-state index contributed by atoms with van der Waals surface area (Å²) in [6, 6.07) is 20.2. The Morgan fingerprint density at radius 1 is 0.882 bits per heavy atom. The van der Waals surface area contributed by atoms with Crippen molar-refractivity contribution in [1.29, 1.82) is 0 Å². The largest absolute Gasteiger partial charge is 0.193 e. The second-order valence-corrected chi connectivity index (χ2v) is 4.21. The Morgan fingerprint density at radius 2 is 1.41 bits per heavy atom. The monoisotopic (exact) mass is 225 g/mol. The van der Waals surface area contributed by atoms with Crippen molar-refractivity contribution < 1.29 is 0 Å². The molecule has 0 saturated carbocycles. The van der Waals surface area contributed by atoms with Crippen molar-refractivity contribution in [2.45, 2.75) is 0 Å². The van der Waals surface area contributed by atoms with Gasteiger partial charge in [0.1, 0.15) is 6.20 Å². The molecule has 86 valence electrons. The molecule has 0 radical (unpaired) electrons. The second kappa shape index (κ2) is 4.95. The van der Waals surface area contributed by atoms with Crippen LogP contribution in [0.1, 0.15) is 5.56 Å². The van der Waals surface area contributed by atoms with Crippen LogP contribution in [0.25, 0.3) is 6.08 Å². The zero-order valence-electron chi connectivity index (χ0n) is 9.95. The molecule has 0 fully saturated rings. The SMILES string of the molecule is C[N+](N)(/C=C/c1ccccc1)c1ccccc1. The van der Waals surface area contributed by atoms with Crippen LogP contribution in [0.3, 0.4) is 0 Å². The number of benzene rings is 2. The van der Waals surface area contributed by atoms with Crippen LogP contribution in [0, 0.1) is 0 Å². The first-order valence-corrected chi connectivity index (χ1v) is 5.63. The molecular formula is C15H17N2+. The average Bonchev–Trinajstić information content (AvgIpc) is 2.39. The summed E-state index contributed by atoms with van der Waals surface area (Å²) in [7, 11) is 1.95. The minimum Gasteiger partial charge on any atom is -0.193 e. The molecular weight excluding hydrogens is 208 g/mol. The van der Waals surface area contributed by atoms with Crippen LogP contribution in [0.5, 0.6) is 0 Å². The lowest BCUT2D eigenvalue weighted by molar-refractivity contribution is 0.470. The van der Waals surface area contributed by atoms with E-state index in [1.807, 2.05) is 67.9 Å². The van der Waals surface area contributed by atoms with Gasteiger partial charge in [0.2, 0.25) is 0 Å². The lowest BCUT2D eigenvalue weighted by Crippen LogP contribution is -2.46. The highest BCUT2D eigenvalue weighted by atomic mass is 15.6. The Bertz CT molecular complexity index is 487. The van der Waals surface area contributed by atoms with Crippen molar-refractivity contribution in [3.63, 3.8) is 0 Å². The van der Waals surface area contributed by atoms with Crippen LogP contribution in [0.15, 0.2) is 66.9 Å². The first-order valence-electron chi connectivity index (χ1n) is 5.63. The smallest absolute Gasteiger partial charge is 0.156 e. The van der Waals surface area contributed by atoms with Crippen LogP contribution in [-0.4, -0.2) is 7.05 Å².